The number of benzene rings is 18. The van der Waals surface area contributed by atoms with Gasteiger partial charge in [0.05, 0.1) is 61.2 Å². The minimum atomic E-state index is 0.632. The smallest absolute Gasteiger partial charge is 0.164 e. The van der Waals surface area contributed by atoms with Crippen LogP contribution in [0.1, 0.15) is 0 Å². The van der Waals surface area contributed by atoms with Crippen molar-refractivity contribution >= 4 is 109 Å². The van der Waals surface area contributed by atoms with Gasteiger partial charge in [-0.2, -0.15) is 0 Å². The van der Waals surface area contributed by atoms with Crippen LogP contribution >= 0.6 is 0 Å². The van der Waals surface area contributed by atoms with Gasteiger partial charge in [0.25, 0.3) is 0 Å². The molecule has 0 atom stereocenters. The fraction of sp³-hybridized carbons (Fsp3) is 0. The Kier molecular flexibility index (Phi) is 16.7. The van der Waals surface area contributed by atoms with Gasteiger partial charge < -0.3 is 18.3 Å². The molecule has 24 rings (SSSR count). The summed E-state index contributed by atoms with van der Waals surface area (Å²) in [6.45, 7) is 0. The van der Waals surface area contributed by atoms with E-state index in [4.69, 9.17) is 19.9 Å². The molecular weight excluding hydrogens is 1460 g/mol. The second-order valence-electron chi connectivity index (χ2n) is 30.9. The molecule has 0 saturated carbocycles. The first kappa shape index (κ1) is 69.4. The van der Waals surface area contributed by atoms with E-state index < -0.39 is 0 Å². The number of hydrogen-bond acceptors (Lipinski definition) is 4. The topological polar surface area (TPSA) is 71.3 Å². The highest BCUT2D eigenvalue weighted by Crippen LogP contribution is 2.45. The maximum absolute atomic E-state index is 5.34. The van der Waals surface area contributed by atoms with Gasteiger partial charge in [-0.25, -0.2) is 19.9 Å². The van der Waals surface area contributed by atoms with Crippen molar-refractivity contribution in [3.8, 4) is 113 Å². The fourth-order valence-corrected chi connectivity index (χ4v) is 18.1. The second kappa shape index (κ2) is 29.0. The summed E-state index contributed by atoms with van der Waals surface area (Å²) in [5, 5.41) is 14.6. The standard InChI is InChI=1S/C59H39N3.C53H33N5/c1-4-16-40(17-5-1)44-22-14-24-46(34-44)55-37-47(42-20-8-3-9-21-42)36-54(60-55)43-30-32-48(33-31-43)61-56-28-12-10-26-50(56)52-38-53-51-27-11-13-29-57(51)62(59(53)39-58(52)61)49-25-15-23-45(35-49)41-18-6-2-7-19-41;1-2-15-36(16-3-1)51-54-52(56-53(55-51)39-26-25-34-13-4-5-17-38(34)31-39)37-27-29-40(30-28-37)57-47-22-10-8-20-42(47)44-32-45-43-21-9-11-23-48(43)58(50(45)33-49(44)57)46-24-12-18-35-14-6-7-19-41(35)46/h1-39H;1-33H. The molecule has 8 heteroatoms. The van der Waals surface area contributed by atoms with Crippen LogP contribution in [0.25, 0.3) is 222 Å². The van der Waals surface area contributed by atoms with E-state index in [1.165, 1.54) is 120 Å². The van der Waals surface area contributed by atoms with Gasteiger partial charge in [-0.15, -0.1) is 0 Å². The first-order chi connectivity index (χ1) is 59.5. The predicted molar refractivity (Wildman–Crippen MR) is 500 cm³/mol. The minimum absolute atomic E-state index is 0.632. The van der Waals surface area contributed by atoms with Crippen LogP contribution in [0.2, 0.25) is 0 Å². The lowest BCUT2D eigenvalue weighted by molar-refractivity contribution is 1.07. The predicted octanol–water partition coefficient (Wildman–Crippen LogP) is 29.0. The van der Waals surface area contributed by atoms with Crippen molar-refractivity contribution in [3.63, 3.8) is 0 Å². The molecule has 0 radical (unpaired) electrons. The zero-order valence-electron chi connectivity index (χ0n) is 65.1. The molecule has 0 spiro atoms. The van der Waals surface area contributed by atoms with Crippen molar-refractivity contribution in [1.82, 2.24) is 38.2 Å². The van der Waals surface area contributed by atoms with E-state index in [9.17, 15) is 0 Å². The van der Waals surface area contributed by atoms with Crippen LogP contribution < -0.4 is 0 Å². The van der Waals surface area contributed by atoms with Gasteiger partial charge in [0.15, 0.2) is 17.5 Å². The van der Waals surface area contributed by atoms with Crippen LogP contribution in [-0.2, 0) is 0 Å². The molecule has 560 valence electrons. The van der Waals surface area contributed by atoms with Crippen molar-refractivity contribution in [3.05, 3.63) is 437 Å². The third-order valence-corrected chi connectivity index (χ3v) is 23.8. The first-order valence-corrected chi connectivity index (χ1v) is 40.8. The van der Waals surface area contributed by atoms with Gasteiger partial charge in [0, 0.05) is 93.4 Å². The van der Waals surface area contributed by atoms with Crippen molar-refractivity contribution in [1.29, 1.82) is 0 Å². The zero-order chi connectivity index (χ0) is 79.1. The lowest BCUT2D eigenvalue weighted by Gasteiger charge is -2.13. The molecule has 0 saturated heterocycles. The quantitative estimate of drug-likeness (QED) is 0.122. The number of rotatable bonds is 12. The van der Waals surface area contributed by atoms with Crippen LogP contribution in [0.15, 0.2) is 437 Å². The van der Waals surface area contributed by atoms with E-state index in [-0.39, 0.29) is 0 Å². The molecule has 18 aromatic carbocycles. The summed E-state index contributed by atoms with van der Waals surface area (Å²) in [6.07, 6.45) is 0. The van der Waals surface area contributed by atoms with Gasteiger partial charge in [-0.1, -0.05) is 309 Å². The Morgan fingerprint density at radius 3 is 1.02 bits per heavy atom. The monoisotopic (exact) mass is 1530 g/mol. The van der Waals surface area contributed by atoms with E-state index in [2.05, 4.69) is 425 Å². The molecule has 0 N–H and O–H groups in total. The lowest BCUT2D eigenvalue weighted by Crippen LogP contribution is -2.00. The molecule has 8 nitrogen and oxygen atoms in total. The summed E-state index contributed by atoms with van der Waals surface area (Å²) in [6, 6.07) is 156. The Balaban J connectivity index is 0.000000140. The van der Waals surface area contributed by atoms with E-state index in [0.717, 1.165) is 83.8 Å². The van der Waals surface area contributed by atoms with Crippen molar-refractivity contribution in [2.45, 2.75) is 0 Å². The molecule has 6 aromatic heterocycles. The van der Waals surface area contributed by atoms with E-state index in [1.807, 2.05) is 30.3 Å². The average molecular weight is 1530 g/mol. The van der Waals surface area contributed by atoms with Gasteiger partial charge in [-0.05, 0) is 177 Å². The normalized spacial score (nSPS) is 11.7. The Labute approximate surface area is 692 Å². The summed E-state index contributed by atoms with van der Waals surface area (Å²) in [5.74, 6) is 1.92. The molecule has 24 aromatic rings. The van der Waals surface area contributed by atoms with E-state index in [1.54, 1.807) is 0 Å². The van der Waals surface area contributed by atoms with E-state index in [0.29, 0.717) is 17.5 Å². The number of fused-ring (bicyclic) bond motifs is 14. The van der Waals surface area contributed by atoms with Gasteiger partial charge in [-0.3, -0.25) is 0 Å². The minimum Gasteiger partial charge on any atom is -0.309 e. The maximum Gasteiger partial charge on any atom is 0.164 e. The summed E-state index contributed by atoms with van der Waals surface area (Å²) < 4.78 is 9.68. The number of para-hydroxylation sites is 4. The summed E-state index contributed by atoms with van der Waals surface area (Å²) in [4.78, 5) is 20.4. The van der Waals surface area contributed by atoms with Crippen LogP contribution in [0.4, 0.5) is 0 Å². The zero-order valence-corrected chi connectivity index (χ0v) is 65.1. The largest absolute Gasteiger partial charge is 0.309 e. The molecule has 0 aliphatic carbocycles. The molecule has 0 bridgehead atoms. The highest BCUT2D eigenvalue weighted by molar-refractivity contribution is 6.21. The van der Waals surface area contributed by atoms with E-state index >= 15 is 0 Å². The van der Waals surface area contributed by atoms with Crippen LogP contribution in [0, 0.1) is 0 Å². The highest BCUT2D eigenvalue weighted by Gasteiger charge is 2.24. The van der Waals surface area contributed by atoms with Gasteiger partial charge in [0.1, 0.15) is 0 Å². The summed E-state index contributed by atoms with van der Waals surface area (Å²) in [7, 11) is 0. The molecule has 0 aliphatic rings. The second-order valence-corrected chi connectivity index (χ2v) is 30.9. The number of aromatic nitrogens is 8. The summed E-state index contributed by atoms with van der Waals surface area (Å²) >= 11 is 0. The third kappa shape index (κ3) is 12.1. The molecule has 0 aliphatic heterocycles. The Hall–Kier alpha value is -16.2. The maximum atomic E-state index is 5.34. The van der Waals surface area contributed by atoms with Gasteiger partial charge >= 0.3 is 0 Å². The molecular formula is C112H72N8. The molecule has 6 heterocycles. The van der Waals surface area contributed by atoms with Crippen LogP contribution in [-0.4, -0.2) is 38.2 Å². The molecule has 0 amide bonds. The van der Waals surface area contributed by atoms with Crippen LogP contribution in [0.3, 0.4) is 0 Å². The number of pyridine rings is 1. The molecule has 0 fully saturated rings. The van der Waals surface area contributed by atoms with Crippen molar-refractivity contribution in [2.24, 2.45) is 0 Å². The van der Waals surface area contributed by atoms with Gasteiger partial charge in [0.2, 0.25) is 0 Å². The lowest BCUT2D eigenvalue weighted by atomic mass is 9.98. The van der Waals surface area contributed by atoms with Crippen molar-refractivity contribution < 1.29 is 0 Å². The summed E-state index contributed by atoms with van der Waals surface area (Å²) in [5.41, 5.74) is 27.8. The molecule has 120 heavy (non-hydrogen) atoms. The fourth-order valence-electron chi connectivity index (χ4n) is 18.1. The number of hydrogen-bond donors (Lipinski definition) is 0. The Morgan fingerprint density at radius 2 is 0.492 bits per heavy atom. The average Bonchev–Trinajstić information content (AvgIpc) is 1.56. The van der Waals surface area contributed by atoms with Crippen LogP contribution in [0.5, 0.6) is 0 Å². The first-order valence-electron chi connectivity index (χ1n) is 40.8. The van der Waals surface area contributed by atoms with Crippen molar-refractivity contribution in [2.75, 3.05) is 0 Å². The third-order valence-electron chi connectivity index (χ3n) is 23.8. The Morgan fingerprint density at radius 1 is 0.142 bits per heavy atom. The number of nitrogens with zero attached hydrogens (tertiary/aromatic N) is 8. The SMILES string of the molecule is c1ccc(-c2cccc(-c3cc(-c4ccccc4)cc(-c4ccc(-n5c6ccccc6c6cc7c8ccccc8n(-c8cccc(-c9ccccc9)c8)c7cc65)cc4)n3)c2)cc1.c1ccc(-c2nc(-c3ccc(-n4c5ccccc5c5cc6c7ccccc7n(-c7cccc8ccccc78)c6cc54)cc3)nc(-c3ccc4ccccc4c3)n2)cc1. The molecule has 0 unspecified atom stereocenters. The highest BCUT2D eigenvalue weighted by atomic mass is 15.0. The Bertz CT molecular complexity index is 8120.